The van der Waals surface area contributed by atoms with Gasteiger partial charge in [0, 0.05) is 13.1 Å². The average molecular weight is 233 g/mol. The second-order valence-electron chi connectivity index (χ2n) is 4.92. The molecule has 2 atom stereocenters. The molecule has 0 aliphatic heterocycles. The van der Waals surface area contributed by atoms with Gasteiger partial charge in [-0.05, 0) is 24.8 Å². The summed E-state index contributed by atoms with van der Waals surface area (Å²) in [4.78, 5) is 4.25. The van der Waals surface area contributed by atoms with Crippen molar-refractivity contribution < 1.29 is 0 Å². The van der Waals surface area contributed by atoms with Crippen LogP contribution in [0.4, 0.5) is 11.4 Å². The summed E-state index contributed by atoms with van der Waals surface area (Å²) < 4.78 is 0. The van der Waals surface area contributed by atoms with Crippen LogP contribution in [0.15, 0.2) is 18.5 Å². The first-order valence-corrected chi connectivity index (χ1v) is 6.72. The minimum atomic E-state index is 0.627. The Hall–Kier alpha value is -1.25. The first kappa shape index (κ1) is 12.2. The lowest BCUT2D eigenvalue weighted by Crippen LogP contribution is -2.31. The van der Waals surface area contributed by atoms with Gasteiger partial charge < -0.3 is 10.6 Å². The Kier molecular flexibility index (Phi) is 4.24. The van der Waals surface area contributed by atoms with E-state index in [1.807, 2.05) is 19.4 Å². The summed E-state index contributed by atoms with van der Waals surface area (Å²) in [5.74, 6) is 0.821. The highest BCUT2D eigenvalue weighted by molar-refractivity contribution is 5.54. The van der Waals surface area contributed by atoms with E-state index < -0.39 is 0 Å². The minimum absolute atomic E-state index is 0.627. The van der Waals surface area contributed by atoms with Gasteiger partial charge in [-0.1, -0.05) is 26.2 Å². The Labute approximate surface area is 104 Å². The molecule has 1 saturated carbocycles. The van der Waals surface area contributed by atoms with Gasteiger partial charge in [-0.3, -0.25) is 4.98 Å². The van der Waals surface area contributed by atoms with E-state index in [0.29, 0.717) is 6.04 Å². The predicted octanol–water partition coefficient (Wildman–Crippen LogP) is 3.50. The van der Waals surface area contributed by atoms with Crippen molar-refractivity contribution in [2.45, 2.75) is 45.1 Å². The van der Waals surface area contributed by atoms with Crippen LogP contribution in [0.3, 0.4) is 0 Å². The van der Waals surface area contributed by atoms with Gasteiger partial charge in [-0.2, -0.15) is 0 Å². The lowest BCUT2D eigenvalue weighted by molar-refractivity contribution is 0.317. The Bertz CT molecular complexity index is 351. The zero-order chi connectivity index (χ0) is 12.1. The molecule has 0 saturated heterocycles. The first-order chi connectivity index (χ1) is 8.33. The van der Waals surface area contributed by atoms with E-state index in [4.69, 9.17) is 0 Å². The van der Waals surface area contributed by atoms with E-state index in [0.717, 1.165) is 17.3 Å². The van der Waals surface area contributed by atoms with Crippen LogP contribution in [-0.4, -0.2) is 18.1 Å². The number of anilines is 2. The van der Waals surface area contributed by atoms with E-state index in [2.05, 4.69) is 28.6 Å². The summed E-state index contributed by atoms with van der Waals surface area (Å²) >= 11 is 0. The number of rotatable bonds is 4. The van der Waals surface area contributed by atoms with Gasteiger partial charge in [0.05, 0.1) is 23.8 Å². The molecular formula is C14H23N3. The molecule has 1 aliphatic rings. The molecule has 3 nitrogen and oxygen atoms in total. The van der Waals surface area contributed by atoms with Crippen molar-refractivity contribution in [1.29, 1.82) is 0 Å². The number of aromatic nitrogens is 1. The van der Waals surface area contributed by atoms with Crippen LogP contribution in [-0.2, 0) is 0 Å². The van der Waals surface area contributed by atoms with Gasteiger partial charge in [0.1, 0.15) is 0 Å². The van der Waals surface area contributed by atoms with Gasteiger partial charge in [0.15, 0.2) is 0 Å². The van der Waals surface area contributed by atoms with E-state index in [-0.39, 0.29) is 0 Å². The fourth-order valence-electron chi connectivity index (χ4n) is 2.76. The minimum Gasteiger partial charge on any atom is -0.387 e. The third kappa shape index (κ3) is 3.11. The molecule has 2 N–H and O–H groups in total. The van der Waals surface area contributed by atoms with Crippen LogP contribution in [0.5, 0.6) is 0 Å². The highest BCUT2D eigenvalue weighted by atomic mass is 15.0. The molecule has 3 heteroatoms. The third-order valence-electron chi connectivity index (χ3n) is 3.81. The van der Waals surface area contributed by atoms with Crippen molar-refractivity contribution in [1.82, 2.24) is 4.98 Å². The molecule has 1 fully saturated rings. The molecule has 17 heavy (non-hydrogen) atoms. The maximum absolute atomic E-state index is 4.25. The highest BCUT2D eigenvalue weighted by Crippen LogP contribution is 2.29. The zero-order valence-electron chi connectivity index (χ0n) is 10.9. The van der Waals surface area contributed by atoms with Crippen molar-refractivity contribution in [3.05, 3.63) is 18.5 Å². The van der Waals surface area contributed by atoms with Crippen molar-refractivity contribution in [2.75, 3.05) is 17.7 Å². The Morgan fingerprint density at radius 1 is 1.24 bits per heavy atom. The normalized spacial score (nSPS) is 24.4. The van der Waals surface area contributed by atoms with Crippen LogP contribution >= 0.6 is 0 Å². The Morgan fingerprint density at radius 3 is 2.76 bits per heavy atom. The van der Waals surface area contributed by atoms with Crippen LogP contribution in [0, 0.1) is 5.92 Å². The van der Waals surface area contributed by atoms with Gasteiger partial charge in [0.2, 0.25) is 0 Å². The van der Waals surface area contributed by atoms with Gasteiger partial charge in [-0.25, -0.2) is 0 Å². The predicted molar refractivity (Wildman–Crippen MR) is 73.4 cm³/mol. The molecule has 1 aromatic rings. The lowest BCUT2D eigenvalue weighted by atomic mass is 9.83. The number of nitrogens with zero attached hydrogens (tertiary/aromatic N) is 1. The average Bonchev–Trinajstić information content (AvgIpc) is 2.39. The SMILES string of the molecule is CCC1CCCCC1Nc1cncc(NC)c1. The Morgan fingerprint density at radius 2 is 2.00 bits per heavy atom. The second kappa shape index (κ2) is 5.89. The number of hydrogen-bond acceptors (Lipinski definition) is 3. The number of pyridine rings is 1. The molecule has 1 aliphatic carbocycles. The fourth-order valence-corrected chi connectivity index (χ4v) is 2.76. The topological polar surface area (TPSA) is 37.0 Å². The van der Waals surface area contributed by atoms with Crippen LogP contribution in [0.25, 0.3) is 0 Å². The summed E-state index contributed by atoms with van der Waals surface area (Å²) in [6.45, 7) is 2.30. The van der Waals surface area contributed by atoms with E-state index >= 15 is 0 Å². The second-order valence-corrected chi connectivity index (χ2v) is 4.92. The quantitative estimate of drug-likeness (QED) is 0.835. The zero-order valence-corrected chi connectivity index (χ0v) is 10.9. The molecule has 0 radical (unpaired) electrons. The number of nitrogens with one attached hydrogen (secondary N) is 2. The molecule has 2 unspecified atom stereocenters. The molecule has 1 heterocycles. The molecule has 0 spiro atoms. The highest BCUT2D eigenvalue weighted by Gasteiger charge is 2.23. The van der Waals surface area contributed by atoms with E-state index in [9.17, 15) is 0 Å². The molecular weight excluding hydrogens is 210 g/mol. The molecule has 1 aromatic heterocycles. The molecule has 94 valence electrons. The van der Waals surface area contributed by atoms with Crippen molar-refractivity contribution in [2.24, 2.45) is 5.92 Å². The summed E-state index contributed by atoms with van der Waals surface area (Å²) in [6, 6.07) is 2.76. The fraction of sp³-hybridized carbons (Fsp3) is 0.643. The summed E-state index contributed by atoms with van der Waals surface area (Å²) in [7, 11) is 1.93. The summed E-state index contributed by atoms with van der Waals surface area (Å²) in [5.41, 5.74) is 2.21. The number of hydrogen-bond donors (Lipinski definition) is 2. The maximum Gasteiger partial charge on any atom is 0.0549 e. The third-order valence-corrected chi connectivity index (χ3v) is 3.81. The summed E-state index contributed by atoms with van der Waals surface area (Å²) in [5, 5.41) is 6.78. The van der Waals surface area contributed by atoms with Crippen molar-refractivity contribution in [3.63, 3.8) is 0 Å². The molecule has 0 bridgehead atoms. The first-order valence-electron chi connectivity index (χ1n) is 6.72. The van der Waals surface area contributed by atoms with Crippen LogP contribution in [0.1, 0.15) is 39.0 Å². The van der Waals surface area contributed by atoms with Gasteiger partial charge >= 0.3 is 0 Å². The molecule has 2 rings (SSSR count). The van der Waals surface area contributed by atoms with Gasteiger partial charge in [-0.15, -0.1) is 0 Å². The van der Waals surface area contributed by atoms with Crippen LogP contribution < -0.4 is 10.6 Å². The molecule has 0 amide bonds. The Balaban J connectivity index is 2.02. The monoisotopic (exact) mass is 233 g/mol. The van der Waals surface area contributed by atoms with Gasteiger partial charge in [0.25, 0.3) is 0 Å². The van der Waals surface area contributed by atoms with E-state index in [1.165, 1.54) is 32.1 Å². The lowest BCUT2D eigenvalue weighted by Gasteiger charge is -2.32. The largest absolute Gasteiger partial charge is 0.387 e. The van der Waals surface area contributed by atoms with Crippen LogP contribution in [0.2, 0.25) is 0 Å². The smallest absolute Gasteiger partial charge is 0.0549 e. The summed E-state index contributed by atoms with van der Waals surface area (Å²) in [6.07, 6.45) is 10.5. The van der Waals surface area contributed by atoms with E-state index in [1.54, 1.807) is 0 Å². The maximum atomic E-state index is 4.25. The van der Waals surface area contributed by atoms with Crippen molar-refractivity contribution in [3.8, 4) is 0 Å². The standard InChI is InChI=1S/C14H23N3/c1-3-11-6-4-5-7-14(11)17-13-8-12(15-2)9-16-10-13/h8-11,14-15,17H,3-7H2,1-2H3. The van der Waals surface area contributed by atoms with Crippen molar-refractivity contribution >= 4 is 11.4 Å². The molecule has 0 aromatic carbocycles.